The first-order chi connectivity index (χ1) is 9.11. The fourth-order valence-electron chi connectivity index (χ4n) is 2.39. The van der Waals surface area contributed by atoms with Gasteiger partial charge in [0, 0.05) is 32.4 Å². The number of nitrogens with zero attached hydrogens (tertiary/aromatic N) is 4. The van der Waals surface area contributed by atoms with Gasteiger partial charge in [-0.15, -0.1) is 0 Å². The van der Waals surface area contributed by atoms with E-state index in [2.05, 4.69) is 34.6 Å². The summed E-state index contributed by atoms with van der Waals surface area (Å²) < 4.78 is 3.91. The monoisotopic (exact) mass is 261 g/mol. The lowest BCUT2D eigenvalue weighted by Crippen LogP contribution is -2.26. The Kier molecular flexibility index (Phi) is 4.37. The molecule has 0 aromatic carbocycles. The van der Waals surface area contributed by atoms with Crippen molar-refractivity contribution < 1.29 is 0 Å². The summed E-state index contributed by atoms with van der Waals surface area (Å²) in [4.78, 5) is 0. The molecule has 104 valence electrons. The summed E-state index contributed by atoms with van der Waals surface area (Å²) in [6, 6.07) is 4.51. The van der Waals surface area contributed by atoms with Crippen LogP contribution in [-0.2, 0) is 20.5 Å². The molecule has 2 heterocycles. The Hall–Kier alpha value is -1.62. The first-order valence-corrected chi connectivity index (χ1v) is 6.82. The molecule has 1 unspecified atom stereocenters. The van der Waals surface area contributed by atoms with Gasteiger partial charge in [-0.1, -0.05) is 6.92 Å². The largest absolute Gasteiger partial charge is 0.308 e. The Labute approximate surface area is 114 Å². The summed E-state index contributed by atoms with van der Waals surface area (Å²) in [5.74, 6) is 0. The fraction of sp³-hybridized carbons (Fsp3) is 0.571. The lowest BCUT2D eigenvalue weighted by molar-refractivity contribution is 0.480. The van der Waals surface area contributed by atoms with E-state index >= 15 is 0 Å². The molecule has 0 saturated carbocycles. The average Bonchev–Trinajstić information content (AvgIpc) is 2.91. The molecule has 2 aromatic rings. The molecule has 0 aliphatic carbocycles. The Balaban J connectivity index is 2.19. The lowest BCUT2D eigenvalue weighted by atomic mass is 10.1. The van der Waals surface area contributed by atoms with E-state index in [0.29, 0.717) is 0 Å². The van der Waals surface area contributed by atoms with Crippen LogP contribution in [0.15, 0.2) is 18.3 Å². The quantitative estimate of drug-likeness (QED) is 0.861. The van der Waals surface area contributed by atoms with Gasteiger partial charge in [0.25, 0.3) is 0 Å². The molecule has 1 N–H and O–H groups in total. The molecule has 2 rings (SSSR count). The van der Waals surface area contributed by atoms with Crippen molar-refractivity contribution in [2.24, 2.45) is 14.1 Å². The highest BCUT2D eigenvalue weighted by Gasteiger charge is 2.17. The third-order valence-electron chi connectivity index (χ3n) is 3.37. The van der Waals surface area contributed by atoms with E-state index in [9.17, 15) is 0 Å². The summed E-state index contributed by atoms with van der Waals surface area (Å²) in [5.41, 5.74) is 3.52. The maximum absolute atomic E-state index is 4.41. The molecule has 0 spiro atoms. The van der Waals surface area contributed by atoms with Gasteiger partial charge in [-0.3, -0.25) is 9.36 Å². The van der Waals surface area contributed by atoms with E-state index in [1.54, 1.807) is 0 Å². The molecule has 0 radical (unpaired) electrons. The van der Waals surface area contributed by atoms with E-state index < -0.39 is 0 Å². The molecule has 5 nitrogen and oxygen atoms in total. The molecule has 1 atom stereocenters. The van der Waals surface area contributed by atoms with Gasteiger partial charge in [-0.05, 0) is 32.0 Å². The summed E-state index contributed by atoms with van der Waals surface area (Å²) in [7, 11) is 3.99. The normalized spacial score (nSPS) is 12.8. The van der Waals surface area contributed by atoms with Gasteiger partial charge in [-0.25, -0.2) is 0 Å². The Morgan fingerprint density at radius 3 is 2.63 bits per heavy atom. The number of hydrogen-bond donors (Lipinski definition) is 1. The van der Waals surface area contributed by atoms with Gasteiger partial charge in [-0.2, -0.15) is 10.2 Å². The number of rotatable bonds is 6. The standard InChI is InChI=1S/C14H23N5/c1-5-7-15-13(14-6-8-16-19(14)4)10-12-9-11(2)17-18(12)3/h6,8-9,13,15H,5,7,10H2,1-4H3. The minimum atomic E-state index is 0.280. The summed E-state index contributed by atoms with van der Waals surface area (Å²) in [5, 5.41) is 12.3. The van der Waals surface area contributed by atoms with Crippen LogP contribution in [0.1, 0.15) is 36.5 Å². The zero-order valence-electron chi connectivity index (χ0n) is 12.2. The van der Waals surface area contributed by atoms with Crippen molar-refractivity contribution in [3.63, 3.8) is 0 Å². The molecular formula is C14H23N5. The molecule has 0 fully saturated rings. The molecule has 2 aromatic heterocycles. The average molecular weight is 261 g/mol. The fourth-order valence-corrected chi connectivity index (χ4v) is 2.39. The van der Waals surface area contributed by atoms with Gasteiger partial charge in [0.15, 0.2) is 0 Å². The Morgan fingerprint density at radius 2 is 2.11 bits per heavy atom. The van der Waals surface area contributed by atoms with E-state index in [1.165, 1.54) is 11.4 Å². The number of aromatic nitrogens is 4. The molecular weight excluding hydrogens is 238 g/mol. The number of aryl methyl sites for hydroxylation is 3. The van der Waals surface area contributed by atoms with Gasteiger partial charge in [0.1, 0.15) is 0 Å². The Bertz CT molecular complexity index is 526. The van der Waals surface area contributed by atoms with Crippen LogP contribution in [0.4, 0.5) is 0 Å². The van der Waals surface area contributed by atoms with Crippen LogP contribution in [0.2, 0.25) is 0 Å². The summed E-state index contributed by atoms with van der Waals surface area (Å²) >= 11 is 0. The molecule has 0 saturated heterocycles. The van der Waals surface area contributed by atoms with Crippen LogP contribution in [0.25, 0.3) is 0 Å². The molecule has 0 amide bonds. The van der Waals surface area contributed by atoms with Crippen molar-refractivity contribution in [3.05, 3.63) is 35.4 Å². The smallest absolute Gasteiger partial charge is 0.0596 e. The van der Waals surface area contributed by atoms with E-state index in [1.807, 2.05) is 36.6 Å². The van der Waals surface area contributed by atoms with Gasteiger partial charge >= 0.3 is 0 Å². The van der Waals surface area contributed by atoms with E-state index in [-0.39, 0.29) is 6.04 Å². The summed E-state index contributed by atoms with van der Waals surface area (Å²) in [6.45, 7) is 5.22. The first kappa shape index (κ1) is 13.8. The first-order valence-electron chi connectivity index (χ1n) is 6.82. The van der Waals surface area contributed by atoms with Gasteiger partial charge in [0.2, 0.25) is 0 Å². The number of hydrogen-bond acceptors (Lipinski definition) is 3. The maximum atomic E-state index is 4.41. The predicted molar refractivity (Wildman–Crippen MR) is 75.9 cm³/mol. The van der Waals surface area contributed by atoms with Crippen LogP contribution in [-0.4, -0.2) is 26.1 Å². The number of nitrogens with one attached hydrogen (secondary N) is 1. The molecule has 5 heteroatoms. The van der Waals surface area contributed by atoms with Gasteiger partial charge < -0.3 is 5.32 Å². The van der Waals surface area contributed by atoms with Crippen molar-refractivity contribution in [2.45, 2.75) is 32.7 Å². The third kappa shape index (κ3) is 3.23. The van der Waals surface area contributed by atoms with Crippen molar-refractivity contribution in [3.8, 4) is 0 Å². The lowest BCUT2D eigenvalue weighted by Gasteiger charge is -2.19. The summed E-state index contributed by atoms with van der Waals surface area (Å²) in [6.07, 6.45) is 3.90. The second-order valence-electron chi connectivity index (χ2n) is 4.99. The maximum Gasteiger partial charge on any atom is 0.0596 e. The van der Waals surface area contributed by atoms with Crippen molar-refractivity contribution in [1.82, 2.24) is 24.9 Å². The minimum Gasteiger partial charge on any atom is -0.308 e. The highest BCUT2D eigenvalue weighted by Crippen LogP contribution is 2.18. The molecule has 0 bridgehead atoms. The van der Waals surface area contributed by atoms with Crippen molar-refractivity contribution in [1.29, 1.82) is 0 Å². The molecule has 0 aliphatic heterocycles. The Morgan fingerprint density at radius 1 is 1.32 bits per heavy atom. The van der Waals surface area contributed by atoms with E-state index in [4.69, 9.17) is 0 Å². The van der Waals surface area contributed by atoms with Crippen LogP contribution in [0, 0.1) is 6.92 Å². The van der Waals surface area contributed by atoms with Crippen LogP contribution >= 0.6 is 0 Å². The molecule has 19 heavy (non-hydrogen) atoms. The second kappa shape index (κ2) is 6.02. The van der Waals surface area contributed by atoms with Gasteiger partial charge in [0.05, 0.1) is 17.4 Å². The predicted octanol–water partition coefficient (Wildman–Crippen LogP) is 1.75. The highest BCUT2D eigenvalue weighted by molar-refractivity contribution is 5.15. The van der Waals surface area contributed by atoms with Crippen molar-refractivity contribution in [2.75, 3.05) is 6.54 Å². The van der Waals surface area contributed by atoms with E-state index in [0.717, 1.165) is 25.1 Å². The molecule has 0 aliphatic rings. The van der Waals surface area contributed by atoms with Crippen LogP contribution in [0.5, 0.6) is 0 Å². The third-order valence-corrected chi connectivity index (χ3v) is 3.37. The van der Waals surface area contributed by atoms with Crippen molar-refractivity contribution >= 4 is 0 Å². The SMILES string of the molecule is CCCNC(Cc1cc(C)nn1C)c1ccnn1C. The van der Waals surface area contributed by atoms with Crippen LogP contribution in [0.3, 0.4) is 0 Å². The topological polar surface area (TPSA) is 47.7 Å². The second-order valence-corrected chi connectivity index (χ2v) is 4.99. The zero-order chi connectivity index (χ0) is 13.8. The zero-order valence-corrected chi connectivity index (χ0v) is 12.2. The van der Waals surface area contributed by atoms with Crippen LogP contribution < -0.4 is 5.32 Å². The highest BCUT2D eigenvalue weighted by atomic mass is 15.3. The minimum absolute atomic E-state index is 0.280.